The molecule has 0 fully saturated rings. The Labute approximate surface area is 118 Å². The molecule has 0 aliphatic heterocycles. The molecule has 0 saturated carbocycles. The van der Waals surface area contributed by atoms with Crippen molar-refractivity contribution in [3.05, 3.63) is 56.2 Å². The number of halogens is 1. The van der Waals surface area contributed by atoms with E-state index in [2.05, 4.69) is 31.3 Å². The van der Waals surface area contributed by atoms with Crippen molar-refractivity contribution in [2.24, 2.45) is 0 Å². The summed E-state index contributed by atoms with van der Waals surface area (Å²) in [5.41, 5.74) is 2.65. The predicted molar refractivity (Wildman–Crippen MR) is 80.7 cm³/mol. The molecule has 1 heterocycles. The first kappa shape index (κ1) is 13.6. The van der Waals surface area contributed by atoms with Crippen molar-refractivity contribution >= 4 is 22.9 Å². The number of aryl methyl sites for hydroxylation is 2. The zero-order chi connectivity index (χ0) is 13.1. The topological polar surface area (TPSA) is 12.0 Å². The Morgan fingerprint density at radius 3 is 2.61 bits per heavy atom. The smallest absolute Gasteiger partial charge is 0.0453 e. The van der Waals surface area contributed by atoms with Crippen LogP contribution in [0.3, 0.4) is 0 Å². The van der Waals surface area contributed by atoms with Gasteiger partial charge in [0.25, 0.3) is 0 Å². The molecule has 1 N–H and O–H groups in total. The highest BCUT2D eigenvalue weighted by Crippen LogP contribution is 2.28. The number of nitrogens with one attached hydrogen (secondary N) is 1. The van der Waals surface area contributed by atoms with Crippen LogP contribution in [0.1, 0.15) is 26.9 Å². The molecule has 2 aromatic rings. The molecule has 0 aliphatic carbocycles. The molecule has 18 heavy (non-hydrogen) atoms. The number of hydrogen-bond acceptors (Lipinski definition) is 2. The van der Waals surface area contributed by atoms with E-state index in [4.69, 9.17) is 11.6 Å². The zero-order valence-electron chi connectivity index (χ0n) is 11.0. The first-order valence-electron chi connectivity index (χ1n) is 6.09. The van der Waals surface area contributed by atoms with Gasteiger partial charge in [-0.05, 0) is 56.6 Å². The molecular formula is C15H18ClNS. The van der Waals surface area contributed by atoms with Crippen LogP contribution in [-0.4, -0.2) is 7.05 Å². The maximum Gasteiger partial charge on any atom is 0.0453 e. The second-order valence-electron chi connectivity index (χ2n) is 4.56. The van der Waals surface area contributed by atoms with Crippen molar-refractivity contribution in [3.63, 3.8) is 0 Å². The summed E-state index contributed by atoms with van der Waals surface area (Å²) in [6, 6.07) is 10.7. The van der Waals surface area contributed by atoms with Crippen LogP contribution < -0.4 is 5.32 Å². The van der Waals surface area contributed by atoms with Gasteiger partial charge in [0.15, 0.2) is 0 Å². The van der Waals surface area contributed by atoms with Gasteiger partial charge < -0.3 is 5.32 Å². The minimum absolute atomic E-state index is 0.362. The van der Waals surface area contributed by atoms with Crippen molar-refractivity contribution in [1.29, 1.82) is 0 Å². The Morgan fingerprint density at radius 2 is 2.06 bits per heavy atom. The predicted octanol–water partition coefficient (Wildman–Crippen LogP) is 4.52. The molecule has 1 aromatic heterocycles. The van der Waals surface area contributed by atoms with E-state index in [0.717, 1.165) is 11.4 Å². The number of hydrogen-bond donors (Lipinski definition) is 1. The van der Waals surface area contributed by atoms with Crippen LogP contribution in [0.4, 0.5) is 0 Å². The maximum absolute atomic E-state index is 6.03. The lowest BCUT2D eigenvalue weighted by molar-refractivity contribution is 0.602. The third-order valence-electron chi connectivity index (χ3n) is 3.21. The van der Waals surface area contributed by atoms with E-state index in [1.54, 1.807) is 0 Å². The average Bonchev–Trinajstić information content (AvgIpc) is 2.66. The van der Waals surface area contributed by atoms with Crippen LogP contribution in [0.5, 0.6) is 0 Å². The molecule has 1 aromatic carbocycles. The quantitative estimate of drug-likeness (QED) is 0.868. The average molecular weight is 280 g/mol. The van der Waals surface area contributed by atoms with Crippen molar-refractivity contribution in [2.75, 3.05) is 7.05 Å². The van der Waals surface area contributed by atoms with Gasteiger partial charge in [-0.15, -0.1) is 11.3 Å². The second kappa shape index (κ2) is 5.87. The SMILES string of the molecule is CNC(Cc1cccc(Cl)c1)c1cc(C)c(C)s1. The van der Waals surface area contributed by atoms with Crippen LogP contribution in [0.15, 0.2) is 30.3 Å². The van der Waals surface area contributed by atoms with E-state index in [0.29, 0.717) is 6.04 Å². The summed E-state index contributed by atoms with van der Waals surface area (Å²) in [6.45, 7) is 4.34. The third kappa shape index (κ3) is 3.14. The second-order valence-corrected chi connectivity index (χ2v) is 6.29. The number of likely N-dealkylation sites (N-methyl/N-ethyl adjacent to an activating group) is 1. The van der Waals surface area contributed by atoms with Gasteiger partial charge in [-0.1, -0.05) is 23.7 Å². The highest BCUT2D eigenvalue weighted by Gasteiger charge is 2.13. The Hall–Kier alpha value is -0.830. The minimum atomic E-state index is 0.362. The van der Waals surface area contributed by atoms with Crippen LogP contribution in [0.25, 0.3) is 0 Å². The lowest BCUT2D eigenvalue weighted by Crippen LogP contribution is -2.17. The molecule has 0 saturated heterocycles. The lowest BCUT2D eigenvalue weighted by Gasteiger charge is -2.14. The standard InChI is InChI=1S/C15H18ClNS/c1-10-7-15(18-11(10)2)14(17-3)9-12-5-4-6-13(16)8-12/h4-8,14,17H,9H2,1-3H3. The van der Waals surface area contributed by atoms with Gasteiger partial charge in [0.1, 0.15) is 0 Å². The molecule has 1 nitrogen and oxygen atoms in total. The summed E-state index contributed by atoms with van der Waals surface area (Å²) in [6.07, 6.45) is 0.969. The van der Waals surface area contributed by atoms with Crippen molar-refractivity contribution in [3.8, 4) is 0 Å². The van der Waals surface area contributed by atoms with E-state index in [1.165, 1.54) is 20.9 Å². The van der Waals surface area contributed by atoms with E-state index in [9.17, 15) is 0 Å². The Bertz CT molecular complexity index is 514. The van der Waals surface area contributed by atoms with Gasteiger partial charge in [0.2, 0.25) is 0 Å². The number of rotatable bonds is 4. The highest BCUT2D eigenvalue weighted by atomic mass is 35.5. The fourth-order valence-electron chi connectivity index (χ4n) is 2.02. The Morgan fingerprint density at radius 1 is 1.28 bits per heavy atom. The van der Waals surface area contributed by atoms with Crippen molar-refractivity contribution in [2.45, 2.75) is 26.3 Å². The van der Waals surface area contributed by atoms with Crippen LogP contribution >= 0.6 is 22.9 Å². The van der Waals surface area contributed by atoms with E-state index < -0.39 is 0 Å². The van der Waals surface area contributed by atoms with Gasteiger partial charge in [-0.25, -0.2) is 0 Å². The third-order valence-corrected chi connectivity index (χ3v) is 4.71. The van der Waals surface area contributed by atoms with Gasteiger partial charge in [-0.2, -0.15) is 0 Å². The Kier molecular flexibility index (Phi) is 4.44. The highest BCUT2D eigenvalue weighted by molar-refractivity contribution is 7.12. The molecule has 0 bridgehead atoms. The monoisotopic (exact) mass is 279 g/mol. The fourth-order valence-corrected chi connectivity index (χ4v) is 3.38. The number of benzene rings is 1. The van der Waals surface area contributed by atoms with Crippen LogP contribution in [0.2, 0.25) is 5.02 Å². The molecule has 0 amide bonds. The summed E-state index contributed by atoms with van der Waals surface area (Å²) < 4.78 is 0. The molecule has 3 heteroatoms. The van der Waals surface area contributed by atoms with Crippen molar-refractivity contribution in [1.82, 2.24) is 5.32 Å². The summed E-state index contributed by atoms with van der Waals surface area (Å²) in [4.78, 5) is 2.80. The lowest BCUT2D eigenvalue weighted by atomic mass is 10.0. The first-order chi connectivity index (χ1) is 8.60. The molecule has 0 radical (unpaired) electrons. The van der Waals surface area contributed by atoms with Gasteiger partial charge >= 0.3 is 0 Å². The normalized spacial score (nSPS) is 12.7. The first-order valence-corrected chi connectivity index (χ1v) is 7.28. The number of thiophene rings is 1. The van der Waals surface area contributed by atoms with Crippen LogP contribution in [0, 0.1) is 13.8 Å². The van der Waals surface area contributed by atoms with Crippen molar-refractivity contribution < 1.29 is 0 Å². The summed E-state index contributed by atoms with van der Waals surface area (Å²) in [5, 5.41) is 4.20. The van der Waals surface area contributed by atoms with E-state index >= 15 is 0 Å². The zero-order valence-corrected chi connectivity index (χ0v) is 12.5. The Balaban J connectivity index is 2.19. The molecule has 1 unspecified atom stereocenters. The maximum atomic E-state index is 6.03. The largest absolute Gasteiger partial charge is 0.312 e. The minimum Gasteiger partial charge on any atom is -0.312 e. The molecular weight excluding hydrogens is 262 g/mol. The van der Waals surface area contributed by atoms with Crippen LogP contribution in [-0.2, 0) is 6.42 Å². The molecule has 96 valence electrons. The van der Waals surface area contributed by atoms with Gasteiger partial charge in [-0.3, -0.25) is 0 Å². The summed E-state index contributed by atoms with van der Waals surface area (Å²) in [7, 11) is 2.01. The fraction of sp³-hybridized carbons (Fsp3) is 0.333. The molecule has 1 atom stereocenters. The van der Waals surface area contributed by atoms with E-state index in [-0.39, 0.29) is 0 Å². The van der Waals surface area contributed by atoms with Gasteiger partial charge in [0, 0.05) is 20.8 Å². The summed E-state index contributed by atoms with van der Waals surface area (Å²) >= 11 is 7.90. The molecule has 0 aliphatic rings. The molecule has 2 rings (SSSR count). The molecule has 0 spiro atoms. The van der Waals surface area contributed by atoms with E-state index in [1.807, 2.05) is 36.6 Å². The summed E-state index contributed by atoms with van der Waals surface area (Å²) in [5.74, 6) is 0. The van der Waals surface area contributed by atoms with Gasteiger partial charge in [0.05, 0.1) is 0 Å².